The van der Waals surface area contributed by atoms with Crippen LogP contribution in [0.2, 0.25) is 0 Å². The first kappa shape index (κ1) is 35.9. The number of rotatable bonds is 18. The summed E-state index contributed by atoms with van der Waals surface area (Å²) >= 11 is 0. The molecule has 238 valence electrons. The van der Waals surface area contributed by atoms with Gasteiger partial charge in [-0.2, -0.15) is 0 Å². The highest BCUT2D eigenvalue weighted by molar-refractivity contribution is 5.89. The maximum atomic E-state index is 13.3. The van der Waals surface area contributed by atoms with Gasteiger partial charge in [-0.1, -0.05) is 68.5 Å². The Bertz CT molecular complexity index is 1270. The van der Waals surface area contributed by atoms with E-state index in [1.165, 1.54) is 13.8 Å². The molecule has 0 heterocycles. The summed E-state index contributed by atoms with van der Waals surface area (Å²) in [4.78, 5) is 52.7. The summed E-state index contributed by atoms with van der Waals surface area (Å²) < 4.78 is 5.62. The van der Waals surface area contributed by atoms with Crippen molar-refractivity contribution in [3.8, 4) is 5.75 Å². The normalized spacial score (nSPS) is 13.4. The molecule has 2 aromatic rings. The summed E-state index contributed by atoms with van der Waals surface area (Å²) in [6, 6.07) is 13.7. The van der Waals surface area contributed by atoms with E-state index in [4.69, 9.17) is 10.5 Å². The third kappa shape index (κ3) is 11.4. The van der Waals surface area contributed by atoms with Crippen molar-refractivity contribution >= 4 is 23.8 Å². The summed E-state index contributed by atoms with van der Waals surface area (Å²) in [6.07, 6.45) is 4.28. The SMILES string of the molecule is C=CCN(CC=C)[C@@H](Cc1ccc(OC(=O)[C@H](CC(C)C)NC(=O)[C@@H](N)Cc2ccccc2)cc1)C(=O)NC(C)(C)C(=O)O. The van der Waals surface area contributed by atoms with Crippen molar-refractivity contribution in [1.82, 2.24) is 15.5 Å². The number of esters is 1. The Morgan fingerprint density at radius 2 is 1.50 bits per heavy atom. The number of nitrogens with zero attached hydrogens (tertiary/aromatic N) is 1. The van der Waals surface area contributed by atoms with Gasteiger partial charge in [0.1, 0.15) is 17.3 Å². The monoisotopic (exact) mass is 606 g/mol. The number of carbonyl (C=O) groups is 4. The molecule has 5 N–H and O–H groups in total. The van der Waals surface area contributed by atoms with Gasteiger partial charge in [-0.3, -0.25) is 14.5 Å². The highest BCUT2D eigenvalue weighted by Gasteiger charge is 2.34. The van der Waals surface area contributed by atoms with Crippen LogP contribution < -0.4 is 21.1 Å². The molecular weight excluding hydrogens is 560 g/mol. The van der Waals surface area contributed by atoms with Crippen LogP contribution in [0, 0.1) is 5.92 Å². The summed E-state index contributed by atoms with van der Waals surface area (Å²) in [7, 11) is 0. The van der Waals surface area contributed by atoms with Gasteiger partial charge in [-0.05, 0) is 62.3 Å². The number of hydrogen-bond acceptors (Lipinski definition) is 7. The molecule has 0 unspecified atom stereocenters. The van der Waals surface area contributed by atoms with E-state index in [9.17, 15) is 24.3 Å². The topological polar surface area (TPSA) is 151 Å². The van der Waals surface area contributed by atoms with Crippen LogP contribution in [0.5, 0.6) is 5.75 Å². The minimum Gasteiger partial charge on any atom is -0.480 e. The first-order chi connectivity index (χ1) is 20.8. The van der Waals surface area contributed by atoms with Gasteiger partial charge in [-0.25, -0.2) is 9.59 Å². The molecule has 0 radical (unpaired) electrons. The zero-order valence-corrected chi connectivity index (χ0v) is 26.1. The van der Waals surface area contributed by atoms with Crippen LogP contribution in [0.4, 0.5) is 0 Å². The van der Waals surface area contributed by atoms with E-state index < -0.39 is 47.4 Å². The number of hydrogen-bond donors (Lipinski definition) is 4. The third-order valence-electron chi connectivity index (χ3n) is 6.96. The maximum Gasteiger partial charge on any atom is 0.334 e. The molecule has 2 aromatic carbocycles. The van der Waals surface area contributed by atoms with Gasteiger partial charge in [0.05, 0.1) is 12.1 Å². The van der Waals surface area contributed by atoms with Gasteiger partial charge in [0, 0.05) is 13.1 Å². The Hall–Kier alpha value is -4.28. The number of nitrogens with two attached hydrogens (primary N) is 1. The highest BCUT2D eigenvalue weighted by atomic mass is 16.5. The molecule has 0 saturated carbocycles. The summed E-state index contributed by atoms with van der Waals surface area (Å²) in [5.41, 5.74) is 6.34. The molecule has 3 atom stereocenters. The van der Waals surface area contributed by atoms with Gasteiger partial charge in [0.25, 0.3) is 0 Å². The fraction of sp³-hybridized carbons (Fsp3) is 0.412. The second-order valence-electron chi connectivity index (χ2n) is 11.7. The molecule has 0 bridgehead atoms. The lowest BCUT2D eigenvalue weighted by atomic mass is 10.0. The Kier molecular flexibility index (Phi) is 14.0. The molecule has 0 aliphatic rings. The Balaban J connectivity index is 2.15. The van der Waals surface area contributed by atoms with Crippen LogP contribution in [0.1, 0.15) is 45.2 Å². The molecule has 2 amide bonds. The van der Waals surface area contributed by atoms with Crippen LogP contribution in [-0.4, -0.2) is 70.5 Å². The Morgan fingerprint density at radius 1 is 0.932 bits per heavy atom. The molecule has 0 fully saturated rings. The zero-order chi connectivity index (χ0) is 32.9. The minimum absolute atomic E-state index is 0.101. The van der Waals surface area contributed by atoms with E-state index in [-0.39, 0.29) is 18.1 Å². The zero-order valence-electron chi connectivity index (χ0n) is 26.1. The van der Waals surface area contributed by atoms with Gasteiger partial charge in [0.2, 0.25) is 11.8 Å². The van der Waals surface area contributed by atoms with Gasteiger partial charge >= 0.3 is 11.9 Å². The number of carbonyl (C=O) groups excluding carboxylic acids is 3. The lowest BCUT2D eigenvalue weighted by Gasteiger charge is -2.32. The number of ether oxygens (including phenoxy) is 1. The maximum absolute atomic E-state index is 13.3. The van der Waals surface area contributed by atoms with Crippen LogP contribution in [0.3, 0.4) is 0 Å². The number of aliphatic carboxylic acids is 1. The van der Waals surface area contributed by atoms with Crippen molar-refractivity contribution in [2.75, 3.05) is 13.1 Å². The lowest BCUT2D eigenvalue weighted by molar-refractivity contribution is -0.146. The average Bonchev–Trinajstić information content (AvgIpc) is 2.96. The second-order valence-corrected chi connectivity index (χ2v) is 11.7. The molecule has 0 aliphatic carbocycles. The molecule has 44 heavy (non-hydrogen) atoms. The largest absolute Gasteiger partial charge is 0.480 e. The highest BCUT2D eigenvalue weighted by Crippen LogP contribution is 2.18. The van der Waals surface area contributed by atoms with E-state index >= 15 is 0 Å². The van der Waals surface area contributed by atoms with Crippen LogP contribution in [0.15, 0.2) is 79.9 Å². The van der Waals surface area contributed by atoms with Gasteiger partial charge in [-0.15, -0.1) is 13.2 Å². The first-order valence-electron chi connectivity index (χ1n) is 14.7. The molecule has 0 spiro atoms. The summed E-state index contributed by atoms with van der Waals surface area (Å²) in [5, 5.41) is 14.9. The Morgan fingerprint density at radius 3 is 2.02 bits per heavy atom. The van der Waals surface area contributed by atoms with E-state index in [0.717, 1.165) is 11.1 Å². The van der Waals surface area contributed by atoms with Crippen molar-refractivity contribution in [2.45, 2.75) is 70.6 Å². The van der Waals surface area contributed by atoms with E-state index in [0.29, 0.717) is 25.9 Å². The molecule has 0 saturated heterocycles. The van der Waals surface area contributed by atoms with Crippen molar-refractivity contribution in [3.63, 3.8) is 0 Å². The average molecular weight is 607 g/mol. The fourth-order valence-corrected chi connectivity index (χ4v) is 4.52. The molecule has 0 aliphatic heterocycles. The number of amides is 2. The molecule has 10 nitrogen and oxygen atoms in total. The quantitative estimate of drug-likeness (QED) is 0.115. The predicted octanol–water partition coefficient (Wildman–Crippen LogP) is 3.26. The number of carboxylic acids is 1. The van der Waals surface area contributed by atoms with E-state index in [1.54, 1.807) is 36.4 Å². The smallest absolute Gasteiger partial charge is 0.334 e. The van der Waals surface area contributed by atoms with Crippen LogP contribution >= 0.6 is 0 Å². The summed E-state index contributed by atoms with van der Waals surface area (Å²) in [6.45, 7) is 15.0. The number of carboxylic acid groups (broad SMARTS) is 1. The third-order valence-corrected chi connectivity index (χ3v) is 6.96. The van der Waals surface area contributed by atoms with Crippen LogP contribution in [-0.2, 0) is 32.0 Å². The second kappa shape index (κ2) is 17.1. The van der Waals surface area contributed by atoms with Crippen molar-refractivity contribution < 1.29 is 29.0 Å². The Labute approximate surface area is 260 Å². The van der Waals surface area contributed by atoms with Crippen molar-refractivity contribution in [1.29, 1.82) is 0 Å². The van der Waals surface area contributed by atoms with Crippen molar-refractivity contribution in [2.24, 2.45) is 11.7 Å². The van der Waals surface area contributed by atoms with Crippen LogP contribution in [0.25, 0.3) is 0 Å². The number of benzene rings is 2. The van der Waals surface area contributed by atoms with E-state index in [2.05, 4.69) is 23.8 Å². The lowest BCUT2D eigenvalue weighted by Crippen LogP contribution is -2.57. The first-order valence-corrected chi connectivity index (χ1v) is 14.7. The summed E-state index contributed by atoms with van der Waals surface area (Å²) in [5.74, 6) is -2.27. The van der Waals surface area contributed by atoms with Crippen molar-refractivity contribution in [3.05, 3.63) is 91.0 Å². The standard InChI is InChI=1S/C34H46N4O6/c1-7-18-38(19-8-2)29(31(40)37-34(5,6)33(42)43)22-25-14-16-26(17-15-25)44-32(41)28(20-23(3)4)36-30(39)27(35)21-24-12-10-9-11-13-24/h7-17,23,27-29H,1-2,18-22,35H2,3-6H3,(H,36,39)(H,37,40)(H,42,43)/t27-,28-,29-/m0/s1. The van der Waals surface area contributed by atoms with Gasteiger partial charge < -0.3 is 26.2 Å². The molecule has 2 rings (SSSR count). The number of nitrogens with one attached hydrogen (secondary N) is 2. The minimum atomic E-state index is -1.46. The molecule has 10 heteroatoms. The molecule has 0 aromatic heterocycles. The molecular formula is C34H46N4O6. The predicted molar refractivity (Wildman–Crippen MR) is 171 cm³/mol. The van der Waals surface area contributed by atoms with E-state index in [1.807, 2.05) is 49.1 Å². The van der Waals surface area contributed by atoms with Gasteiger partial charge in [0.15, 0.2) is 0 Å². The fourth-order valence-electron chi connectivity index (χ4n) is 4.52.